The summed E-state index contributed by atoms with van der Waals surface area (Å²) in [7, 11) is -3.75. The monoisotopic (exact) mass is 452 g/mol. The zero-order valence-corrected chi connectivity index (χ0v) is 15.6. The molecule has 2 rings (SSSR count). The van der Waals surface area contributed by atoms with E-state index in [1.807, 2.05) is 0 Å². The van der Waals surface area contributed by atoms with Crippen molar-refractivity contribution in [1.29, 1.82) is 0 Å². The number of anilines is 2. The lowest BCUT2D eigenvalue weighted by molar-refractivity contribution is 0.600. The first-order valence-electron chi connectivity index (χ1n) is 5.74. The molecule has 0 fully saturated rings. The van der Waals surface area contributed by atoms with E-state index in [0.717, 1.165) is 4.47 Å². The van der Waals surface area contributed by atoms with E-state index < -0.39 is 10.0 Å². The molecular formula is C13H11Br2ClN2O2S. The Balaban J connectivity index is 2.46. The van der Waals surface area contributed by atoms with Gasteiger partial charge < -0.3 is 5.73 Å². The molecule has 0 saturated heterocycles. The van der Waals surface area contributed by atoms with Gasteiger partial charge in [0.05, 0.1) is 21.3 Å². The fourth-order valence-electron chi connectivity index (χ4n) is 1.73. The summed E-state index contributed by atoms with van der Waals surface area (Å²) in [6, 6.07) is 8.03. The third-order valence-corrected chi connectivity index (χ3v) is 5.74. The molecule has 4 nitrogen and oxygen atoms in total. The Morgan fingerprint density at radius 2 is 1.86 bits per heavy atom. The van der Waals surface area contributed by atoms with Crippen molar-refractivity contribution in [3.8, 4) is 0 Å². The number of hydrogen-bond acceptors (Lipinski definition) is 3. The molecule has 0 radical (unpaired) electrons. The number of aryl methyl sites for hydroxylation is 1. The number of benzene rings is 2. The second kappa shape index (κ2) is 6.16. The second-order valence-electron chi connectivity index (χ2n) is 4.37. The molecule has 8 heteroatoms. The van der Waals surface area contributed by atoms with E-state index in [0.29, 0.717) is 20.7 Å². The van der Waals surface area contributed by atoms with E-state index in [-0.39, 0.29) is 10.6 Å². The summed E-state index contributed by atoms with van der Waals surface area (Å²) in [4.78, 5) is 0.0965. The molecule has 21 heavy (non-hydrogen) atoms. The van der Waals surface area contributed by atoms with E-state index in [1.54, 1.807) is 25.1 Å². The molecule has 112 valence electrons. The predicted molar refractivity (Wildman–Crippen MR) is 93.3 cm³/mol. The minimum Gasteiger partial charge on any atom is -0.397 e. The molecule has 0 spiro atoms. The normalized spacial score (nSPS) is 11.4. The highest BCUT2D eigenvalue weighted by atomic mass is 79.9. The van der Waals surface area contributed by atoms with Crippen LogP contribution >= 0.6 is 43.5 Å². The summed E-state index contributed by atoms with van der Waals surface area (Å²) in [6.07, 6.45) is 0. The lowest BCUT2D eigenvalue weighted by Gasteiger charge is -2.13. The van der Waals surface area contributed by atoms with Crippen LogP contribution in [0.2, 0.25) is 5.02 Å². The summed E-state index contributed by atoms with van der Waals surface area (Å²) >= 11 is 12.5. The summed E-state index contributed by atoms with van der Waals surface area (Å²) in [6.45, 7) is 1.66. The molecule has 2 aromatic carbocycles. The van der Waals surface area contributed by atoms with E-state index in [1.165, 1.54) is 12.1 Å². The number of halogens is 3. The third kappa shape index (κ3) is 3.71. The number of nitrogens with two attached hydrogens (primary N) is 1. The van der Waals surface area contributed by atoms with Crippen molar-refractivity contribution >= 4 is 64.9 Å². The average molecular weight is 455 g/mol. The van der Waals surface area contributed by atoms with Crippen LogP contribution in [0.3, 0.4) is 0 Å². The van der Waals surface area contributed by atoms with Crippen molar-refractivity contribution in [2.45, 2.75) is 11.8 Å². The van der Waals surface area contributed by atoms with Crippen LogP contribution < -0.4 is 10.5 Å². The molecule has 0 atom stereocenters. The molecule has 0 amide bonds. The Morgan fingerprint density at radius 1 is 1.19 bits per heavy atom. The fourth-order valence-corrected chi connectivity index (χ4v) is 4.57. The van der Waals surface area contributed by atoms with Crippen molar-refractivity contribution < 1.29 is 8.42 Å². The smallest absolute Gasteiger partial charge is 0.262 e. The highest BCUT2D eigenvalue weighted by molar-refractivity contribution is 9.11. The topological polar surface area (TPSA) is 72.2 Å². The molecule has 2 aromatic rings. The van der Waals surface area contributed by atoms with Crippen LogP contribution in [0, 0.1) is 6.92 Å². The molecule has 0 heterocycles. The Labute approximate surface area is 145 Å². The second-order valence-corrected chi connectivity index (χ2v) is 8.20. The SMILES string of the molecule is Cc1cc(Cl)c(N)cc1S(=O)(=O)Nc1ccc(Br)cc1Br. The van der Waals surface area contributed by atoms with Crippen molar-refractivity contribution in [2.75, 3.05) is 10.5 Å². The van der Waals surface area contributed by atoms with Gasteiger partial charge in [-0.1, -0.05) is 27.5 Å². The van der Waals surface area contributed by atoms with Crippen LogP contribution in [0.5, 0.6) is 0 Å². The zero-order valence-electron chi connectivity index (χ0n) is 10.8. The standard InChI is InChI=1S/C13H11Br2ClN2O2S/c1-7-4-10(16)11(17)6-13(7)21(19,20)18-12-3-2-8(14)5-9(12)15/h2-6,18H,17H2,1H3. The summed E-state index contributed by atoms with van der Waals surface area (Å²) in [5.74, 6) is 0. The molecule has 0 saturated carbocycles. The van der Waals surface area contributed by atoms with Crippen LogP contribution in [0.4, 0.5) is 11.4 Å². The van der Waals surface area contributed by atoms with Gasteiger partial charge in [0.2, 0.25) is 0 Å². The Morgan fingerprint density at radius 3 is 2.48 bits per heavy atom. The van der Waals surface area contributed by atoms with Gasteiger partial charge in [-0.2, -0.15) is 0 Å². The maximum atomic E-state index is 12.5. The molecule has 0 bridgehead atoms. The van der Waals surface area contributed by atoms with Crippen molar-refractivity contribution in [1.82, 2.24) is 0 Å². The molecule has 0 unspecified atom stereocenters. The highest BCUT2D eigenvalue weighted by Crippen LogP contribution is 2.31. The van der Waals surface area contributed by atoms with Gasteiger partial charge in [0, 0.05) is 8.95 Å². The number of nitrogens with one attached hydrogen (secondary N) is 1. The van der Waals surface area contributed by atoms with Crippen LogP contribution in [0.15, 0.2) is 44.2 Å². The van der Waals surface area contributed by atoms with Crippen molar-refractivity contribution in [3.63, 3.8) is 0 Å². The van der Waals surface area contributed by atoms with Gasteiger partial charge in [0.1, 0.15) is 0 Å². The van der Waals surface area contributed by atoms with Crippen LogP contribution in [-0.2, 0) is 10.0 Å². The molecule has 0 aromatic heterocycles. The van der Waals surface area contributed by atoms with E-state index in [2.05, 4.69) is 36.6 Å². The van der Waals surface area contributed by atoms with Gasteiger partial charge in [0.15, 0.2) is 0 Å². The number of rotatable bonds is 3. The maximum absolute atomic E-state index is 12.5. The first kappa shape index (κ1) is 16.6. The van der Waals surface area contributed by atoms with Crippen molar-refractivity contribution in [3.05, 3.63) is 49.9 Å². The first-order chi connectivity index (χ1) is 9.70. The third-order valence-electron chi connectivity index (χ3n) is 2.76. The van der Waals surface area contributed by atoms with Crippen LogP contribution in [0.25, 0.3) is 0 Å². The quantitative estimate of drug-likeness (QED) is 0.668. The lowest BCUT2D eigenvalue weighted by Crippen LogP contribution is -2.15. The summed E-state index contributed by atoms with van der Waals surface area (Å²) < 4.78 is 28.9. The zero-order chi connectivity index (χ0) is 15.8. The largest absolute Gasteiger partial charge is 0.397 e. The maximum Gasteiger partial charge on any atom is 0.262 e. The van der Waals surface area contributed by atoms with Gasteiger partial charge in [-0.3, -0.25) is 4.72 Å². The van der Waals surface area contributed by atoms with Gasteiger partial charge in [0.25, 0.3) is 10.0 Å². The fraction of sp³-hybridized carbons (Fsp3) is 0.0769. The first-order valence-corrected chi connectivity index (χ1v) is 9.19. The van der Waals surface area contributed by atoms with Gasteiger partial charge in [-0.05, 0) is 58.7 Å². The van der Waals surface area contributed by atoms with Gasteiger partial charge in [-0.15, -0.1) is 0 Å². The van der Waals surface area contributed by atoms with Gasteiger partial charge >= 0.3 is 0 Å². The summed E-state index contributed by atoms with van der Waals surface area (Å²) in [5, 5.41) is 0.330. The Bertz CT molecular complexity index is 810. The Kier molecular flexibility index (Phi) is 4.87. The van der Waals surface area contributed by atoms with Crippen LogP contribution in [0.1, 0.15) is 5.56 Å². The lowest BCUT2D eigenvalue weighted by atomic mass is 10.2. The summed E-state index contributed by atoms with van der Waals surface area (Å²) in [5.41, 5.74) is 6.87. The molecule has 3 N–H and O–H groups in total. The van der Waals surface area contributed by atoms with Crippen LogP contribution in [-0.4, -0.2) is 8.42 Å². The van der Waals surface area contributed by atoms with E-state index in [4.69, 9.17) is 17.3 Å². The molecule has 0 aliphatic rings. The molecule has 0 aliphatic carbocycles. The highest BCUT2D eigenvalue weighted by Gasteiger charge is 2.19. The van der Waals surface area contributed by atoms with E-state index in [9.17, 15) is 8.42 Å². The number of nitrogen functional groups attached to an aromatic ring is 1. The minimum absolute atomic E-state index is 0.0965. The average Bonchev–Trinajstić information content (AvgIpc) is 2.37. The van der Waals surface area contributed by atoms with Gasteiger partial charge in [-0.25, -0.2) is 8.42 Å². The number of hydrogen-bond donors (Lipinski definition) is 2. The number of sulfonamides is 1. The Hall–Kier alpha value is -0.760. The van der Waals surface area contributed by atoms with Crippen molar-refractivity contribution in [2.24, 2.45) is 0 Å². The minimum atomic E-state index is -3.75. The molecule has 0 aliphatic heterocycles. The van der Waals surface area contributed by atoms with E-state index >= 15 is 0 Å². The predicted octanol–water partition coefficient (Wildman–Crippen LogP) is 4.56. The molecular weight excluding hydrogens is 443 g/mol.